The van der Waals surface area contributed by atoms with Gasteiger partial charge in [-0.3, -0.25) is 0 Å². The molecule has 0 aliphatic carbocycles. The third-order valence-corrected chi connectivity index (χ3v) is 3.71. The molecular weight excluding hydrogens is 283 g/mol. The highest BCUT2D eigenvalue weighted by Crippen LogP contribution is 2.34. The molecule has 1 unspecified atom stereocenters. The molecule has 4 rings (SSSR count). The zero-order valence-corrected chi connectivity index (χ0v) is 11.8. The van der Waals surface area contributed by atoms with Crippen molar-refractivity contribution in [1.82, 2.24) is 9.61 Å². The molecule has 110 valence electrons. The molecule has 0 saturated heterocycles. The maximum atomic E-state index is 13.2. The number of ether oxygens (including phenoxy) is 1. The van der Waals surface area contributed by atoms with Crippen LogP contribution in [0.15, 0.2) is 42.6 Å². The van der Waals surface area contributed by atoms with Gasteiger partial charge in [-0.1, -0.05) is 0 Å². The largest absolute Gasteiger partial charge is 0.460 e. The van der Waals surface area contributed by atoms with Crippen LogP contribution in [0.5, 0.6) is 5.75 Å². The summed E-state index contributed by atoms with van der Waals surface area (Å²) in [4.78, 5) is 0. The maximum Gasteiger partial charge on any atom is 0.224 e. The highest BCUT2D eigenvalue weighted by Gasteiger charge is 2.23. The number of aromatic nitrogens is 2. The van der Waals surface area contributed by atoms with Crippen LogP contribution in [-0.2, 0) is 0 Å². The molecule has 4 nitrogen and oxygen atoms in total. The van der Waals surface area contributed by atoms with Gasteiger partial charge in [-0.05, 0) is 43.3 Å². The Balaban J connectivity index is 1.84. The monoisotopic (exact) mass is 296 g/mol. The number of aliphatic hydroxyl groups is 1. The number of benzene rings is 1. The summed E-state index contributed by atoms with van der Waals surface area (Å²) in [6.07, 6.45) is 2.52. The topological polar surface area (TPSA) is 46.8 Å². The SMILES string of the molecule is Cc1ccc2cc(C3=Cc4ccc(F)cc4OC3O)cn2n1. The Morgan fingerprint density at radius 1 is 1.23 bits per heavy atom. The molecule has 1 N–H and O–H groups in total. The van der Waals surface area contributed by atoms with Crippen LogP contribution in [0.2, 0.25) is 0 Å². The van der Waals surface area contributed by atoms with Crippen LogP contribution in [0.3, 0.4) is 0 Å². The van der Waals surface area contributed by atoms with Crippen molar-refractivity contribution in [2.24, 2.45) is 0 Å². The lowest BCUT2D eigenvalue weighted by Gasteiger charge is -2.22. The minimum Gasteiger partial charge on any atom is -0.460 e. The number of nitrogens with zero attached hydrogens (tertiary/aromatic N) is 2. The first-order valence-electron chi connectivity index (χ1n) is 6.92. The third kappa shape index (κ3) is 2.07. The van der Waals surface area contributed by atoms with Gasteiger partial charge in [0.25, 0.3) is 0 Å². The molecule has 1 atom stereocenters. The van der Waals surface area contributed by atoms with E-state index in [4.69, 9.17) is 4.74 Å². The molecule has 0 radical (unpaired) electrons. The summed E-state index contributed by atoms with van der Waals surface area (Å²) in [6, 6.07) is 10.1. The van der Waals surface area contributed by atoms with Crippen LogP contribution in [0.25, 0.3) is 17.2 Å². The molecule has 2 aromatic heterocycles. The zero-order chi connectivity index (χ0) is 15.3. The summed E-state index contributed by atoms with van der Waals surface area (Å²) in [5.74, 6) is -0.0499. The summed E-state index contributed by atoms with van der Waals surface area (Å²) in [7, 11) is 0. The first-order valence-corrected chi connectivity index (χ1v) is 6.92. The van der Waals surface area contributed by atoms with Crippen molar-refractivity contribution in [2.75, 3.05) is 0 Å². The summed E-state index contributed by atoms with van der Waals surface area (Å²) in [6.45, 7) is 1.92. The van der Waals surface area contributed by atoms with E-state index in [0.717, 1.165) is 22.3 Å². The van der Waals surface area contributed by atoms with Gasteiger partial charge in [0.2, 0.25) is 6.29 Å². The number of hydrogen-bond acceptors (Lipinski definition) is 3. The van der Waals surface area contributed by atoms with Crippen molar-refractivity contribution in [3.05, 3.63) is 65.2 Å². The van der Waals surface area contributed by atoms with Gasteiger partial charge in [0, 0.05) is 29.0 Å². The average Bonchev–Trinajstić information content (AvgIpc) is 2.89. The lowest BCUT2D eigenvalue weighted by Crippen LogP contribution is -2.20. The molecule has 5 heteroatoms. The molecule has 1 aliphatic rings. The highest BCUT2D eigenvalue weighted by atomic mass is 19.1. The second kappa shape index (κ2) is 4.68. The minimum atomic E-state index is -1.13. The third-order valence-electron chi connectivity index (χ3n) is 3.71. The van der Waals surface area contributed by atoms with Gasteiger partial charge < -0.3 is 9.84 Å². The standard InChI is InChI=1S/C17H13FN2O2/c1-10-2-5-14-6-12(9-20(14)19-10)15-7-11-3-4-13(18)8-16(11)22-17(15)21/h2-9,17,21H,1H3. The van der Waals surface area contributed by atoms with Gasteiger partial charge in [0.05, 0.1) is 11.2 Å². The van der Waals surface area contributed by atoms with Crippen LogP contribution in [0.4, 0.5) is 4.39 Å². The van der Waals surface area contributed by atoms with Gasteiger partial charge in [-0.15, -0.1) is 0 Å². The Hall–Kier alpha value is -2.66. The van der Waals surface area contributed by atoms with E-state index in [1.165, 1.54) is 12.1 Å². The molecule has 22 heavy (non-hydrogen) atoms. The first-order chi connectivity index (χ1) is 10.6. The van der Waals surface area contributed by atoms with Gasteiger partial charge in [-0.2, -0.15) is 5.10 Å². The Morgan fingerprint density at radius 3 is 2.95 bits per heavy atom. The Kier molecular flexibility index (Phi) is 2.77. The molecule has 0 bridgehead atoms. The molecule has 0 amide bonds. The van der Waals surface area contributed by atoms with Gasteiger partial charge >= 0.3 is 0 Å². The number of aryl methyl sites for hydroxylation is 1. The van der Waals surface area contributed by atoms with Crippen LogP contribution in [-0.4, -0.2) is 21.0 Å². The molecular formula is C17H13FN2O2. The van der Waals surface area contributed by atoms with E-state index in [2.05, 4.69) is 5.10 Å². The van der Waals surface area contributed by atoms with Gasteiger partial charge in [0.15, 0.2) is 0 Å². The maximum absolute atomic E-state index is 13.2. The summed E-state index contributed by atoms with van der Waals surface area (Å²) >= 11 is 0. The fraction of sp³-hybridized carbons (Fsp3) is 0.118. The molecule has 1 aliphatic heterocycles. The average molecular weight is 296 g/mol. The zero-order valence-electron chi connectivity index (χ0n) is 11.8. The molecule has 0 fully saturated rings. The van der Waals surface area contributed by atoms with E-state index < -0.39 is 12.1 Å². The van der Waals surface area contributed by atoms with E-state index in [1.807, 2.05) is 37.4 Å². The van der Waals surface area contributed by atoms with Crippen molar-refractivity contribution in [1.29, 1.82) is 0 Å². The second-order valence-corrected chi connectivity index (χ2v) is 5.32. The Bertz CT molecular complexity index is 914. The Labute approximate surface area is 126 Å². The fourth-order valence-electron chi connectivity index (χ4n) is 2.63. The van der Waals surface area contributed by atoms with Crippen LogP contribution >= 0.6 is 0 Å². The normalized spacial score (nSPS) is 17.0. The lowest BCUT2D eigenvalue weighted by atomic mass is 10.0. The Morgan fingerprint density at radius 2 is 2.09 bits per heavy atom. The number of halogens is 1. The van der Waals surface area contributed by atoms with Crippen molar-refractivity contribution >= 4 is 17.2 Å². The smallest absolute Gasteiger partial charge is 0.224 e. The molecule has 0 saturated carbocycles. The van der Waals surface area contributed by atoms with Crippen molar-refractivity contribution < 1.29 is 14.2 Å². The molecule has 3 aromatic rings. The van der Waals surface area contributed by atoms with E-state index in [-0.39, 0.29) is 0 Å². The van der Waals surface area contributed by atoms with Gasteiger partial charge in [-0.25, -0.2) is 8.91 Å². The van der Waals surface area contributed by atoms with Crippen LogP contribution < -0.4 is 4.74 Å². The van der Waals surface area contributed by atoms with Crippen molar-refractivity contribution in [3.8, 4) is 5.75 Å². The summed E-state index contributed by atoms with van der Waals surface area (Å²) in [5.41, 5.74) is 4.02. The number of fused-ring (bicyclic) bond motifs is 2. The minimum absolute atomic E-state index is 0.342. The number of aliphatic hydroxyl groups excluding tert-OH is 1. The quantitative estimate of drug-likeness (QED) is 0.751. The predicted octanol–water partition coefficient (Wildman–Crippen LogP) is 3.03. The van der Waals surface area contributed by atoms with Crippen LogP contribution in [0.1, 0.15) is 16.8 Å². The summed E-state index contributed by atoms with van der Waals surface area (Å²) < 4.78 is 20.4. The fourth-order valence-corrected chi connectivity index (χ4v) is 2.63. The van der Waals surface area contributed by atoms with E-state index in [9.17, 15) is 9.50 Å². The molecule has 1 aromatic carbocycles. The van der Waals surface area contributed by atoms with E-state index in [1.54, 1.807) is 10.6 Å². The summed E-state index contributed by atoms with van der Waals surface area (Å²) in [5, 5.41) is 14.6. The predicted molar refractivity (Wildman–Crippen MR) is 80.8 cm³/mol. The van der Waals surface area contributed by atoms with E-state index in [0.29, 0.717) is 11.3 Å². The van der Waals surface area contributed by atoms with Gasteiger partial charge in [0.1, 0.15) is 11.6 Å². The van der Waals surface area contributed by atoms with Crippen LogP contribution in [0, 0.1) is 12.7 Å². The molecule has 0 spiro atoms. The molecule has 3 heterocycles. The van der Waals surface area contributed by atoms with E-state index >= 15 is 0 Å². The number of hydrogen-bond donors (Lipinski definition) is 1. The van der Waals surface area contributed by atoms with Crippen molar-refractivity contribution in [3.63, 3.8) is 0 Å². The second-order valence-electron chi connectivity index (χ2n) is 5.32. The lowest BCUT2D eigenvalue weighted by molar-refractivity contribution is 0.0317. The first kappa shape index (κ1) is 13.0. The van der Waals surface area contributed by atoms with Crippen molar-refractivity contribution in [2.45, 2.75) is 13.2 Å². The highest BCUT2D eigenvalue weighted by molar-refractivity contribution is 5.87. The number of rotatable bonds is 1.